The molecule has 0 unspecified atom stereocenters. The largest absolute Gasteiger partial charge is 0.493 e. The molecule has 2 amide bonds. The molecule has 0 atom stereocenters. The fourth-order valence-electron chi connectivity index (χ4n) is 2.70. The summed E-state index contributed by atoms with van der Waals surface area (Å²) < 4.78 is 15.6. The first-order chi connectivity index (χ1) is 14.9. The number of nitrogens with one attached hydrogen (secondary N) is 1. The highest BCUT2D eigenvalue weighted by molar-refractivity contribution is 7.17. The van der Waals surface area contributed by atoms with Gasteiger partial charge in [-0.05, 0) is 37.3 Å². The molecular weight excluding hydrogens is 420 g/mol. The van der Waals surface area contributed by atoms with Crippen LogP contribution >= 0.6 is 11.3 Å². The van der Waals surface area contributed by atoms with Gasteiger partial charge in [-0.15, -0.1) is 11.3 Å². The van der Waals surface area contributed by atoms with Gasteiger partial charge in [-0.3, -0.25) is 14.9 Å². The molecule has 160 valence electrons. The van der Waals surface area contributed by atoms with Gasteiger partial charge in [-0.1, -0.05) is 18.2 Å². The molecule has 3 aromatic rings. The van der Waals surface area contributed by atoms with Crippen LogP contribution in [0.4, 0.5) is 0 Å². The van der Waals surface area contributed by atoms with Crippen LogP contribution in [-0.4, -0.2) is 43.6 Å². The molecule has 2 aromatic carbocycles. The minimum atomic E-state index is -0.718. The Balaban J connectivity index is 1.64. The summed E-state index contributed by atoms with van der Waals surface area (Å²) in [5.74, 6) is -0.855. The van der Waals surface area contributed by atoms with Crippen molar-refractivity contribution in [1.82, 2.24) is 10.3 Å². The van der Waals surface area contributed by atoms with Gasteiger partial charge < -0.3 is 14.2 Å². The SMILES string of the molecule is COc1ccc(-c2nc(C)c(C(=O)OCC(=O)NC(=O)c3ccccc3)s2)cc1OC. The van der Waals surface area contributed by atoms with Gasteiger partial charge in [0.2, 0.25) is 0 Å². The first-order valence-corrected chi connectivity index (χ1v) is 10.0. The van der Waals surface area contributed by atoms with E-state index in [-0.39, 0.29) is 4.88 Å². The Morgan fingerprint density at radius 2 is 1.71 bits per heavy atom. The third-order valence-corrected chi connectivity index (χ3v) is 5.42. The van der Waals surface area contributed by atoms with Crippen LogP contribution in [0.5, 0.6) is 11.5 Å². The van der Waals surface area contributed by atoms with Crippen molar-refractivity contribution in [2.24, 2.45) is 0 Å². The number of methoxy groups -OCH3 is 2. The molecule has 0 saturated heterocycles. The lowest BCUT2D eigenvalue weighted by atomic mass is 10.2. The second kappa shape index (κ2) is 9.86. The number of esters is 1. The molecule has 3 rings (SSSR count). The molecule has 8 nitrogen and oxygen atoms in total. The van der Waals surface area contributed by atoms with E-state index in [1.807, 2.05) is 0 Å². The zero-order valence-corrected chi connectivity index (χ0v) is 17.9. The van der Waals surface area contributed by atoms with E-state index < -0.39 is 24.4 Å². The normalized spacial score (nSPS) is 10.3. The van der Waals surface area contributed by atoms with Crippen molar-refractivity contribution in [2.75, 3.05) is 20.8 Å². The number of carbonyl (C=O) groups is 3. The Morgan fingerprint density at radius 3 is 2.39 bits per heavy atom. The van der Waals surface area contributed by atoms with E-state index in [4.69, 9.17) is 14.2 Å². The summed E-state index contributed by atoms with van der Waals surface area (Å²) in [5, 5.41) is 2.77. The molecule has 0 aliphatic rings. The third kappa shape index (κ3) is 5.26. The smallest absolute Gasteiger partial charge is 0.350 e. The summed E-state index contributed by atoms with van der Waals surface area (Å²) in [4.78, 5) is 41.1. The molecule has 0 radical (unpaired) electrons. The van der Waals surface area contributed by atoms with Gasteiger partial charge in [0.05, 0.1) is 19.9 Å². The van der Waals surface area contributed by atoms with Gasteiger partial charge in [0.25, 0.3) is 11.8 Å². The average Bonchev–Trinajstić information content (AvgIpc) is 3.19. The number of hydrogen-bond donors (Lipinski definition) is 1. The van der Waals surface area contributed by atoms with Crippen molar-refractivity contribution < 1.29 is 28.6 Å². The highest BCUT2D eigenvalue weighted by Crippen LogP contribution is 2.35. The first kappa shape index (κ1) is 22.0. The molecular formula is C22H20N2O6S. The fraction of sp³-hybridized carbons (Fsp3) is 0.182. The number of amides is 2. The van der Waals surface area contributed by atoms with Gasteiger partial charge in [0.15, 0.2) is 18.1 Å². The first-order valence-electron chi connectivity index (χ1n) is 9.19. The van der Waals surface area contributed by atoms with Crippen LogP contribution in [0.3, 0.4) is 0 Å². The fourth-order valence-corrected chi connectivity index (χ4v) is 3.66. The van der Waals surface area contributed by atoms with Crippen molar-refractivity contribution in [1.29, 1.82) is 0 Å². The summed E-state index contributed by atoms with van der Waals surface area (Å²) >= 11 is 1.14. The lowest BCUT2D eigenvalue weighted by Gasteiger charge is -2.08. The van der Waals surface area contributed by atoms with Crippen LogP contribution in [0.15, 0.2) is 48.5 Å². The van der Waals surface area contributed by atoms with Gasteiger partial charge in [-0.25, -0.2) is 9.78 Å². The Kier molecular flexibility index (Phi) is 6.99. The molecule has 31 heavy (non-hydrogen) atoms. The van der Waals surface area contributed by atoms with E-state index in [0.29, 0.717) is 27.8 Å². The monoisotopic (exact) mass is 440 g/mol. The van der Waals surface area contributed by atoms with E-state index in [2.05, 4.69) is 10.3 Å². The minimum absolute atomic E-state index is 0.270. The Hall–Kier alpha value is -3.72. The molecule has 9 heteroatoms. The Labute approximate surface area is 182 Å². The maximum absolute atomic E-state index is 12.4. The predicted octanol–water partition coefficient (Wildman–Crippen LogP) is 3.25. The number of carbonyl (C=O) groups excluding carboxylic acids is 3. The highest BCUT2D eigenvalue weighted by atomic mass is 32.1. The average molecular weight is 440 g/mol. The quantitative estimate of drug-likeness (QED) is 0.563. The second-order valence-corrected chi connectivity index (χ2v) is 7.32. The van der Waals surface area contributed by atoms with Crippen molar-refractivity contribution in [3.05, 3.63) is 64.7 Å². The number of thiazole rings is 1. The Morgan fingerprint density at radius 1 is 1.00 bits per heavy atom. The number of rotatable bonds is 7. The lowest BCUT2D eigenvalue weighted by Crippen LogP contribution is -2.34. The number of hydrogen-bond acceptors (Lipinski definition) is 8. The van der Waals surface area contributed by atoms with Crippen molar-refractivity contribution in [3.8, 4) is 22.1 Å². The predicted molar refractivity (Wildman–Crippen MR) is 115 cm³/mol. The van der Waals surface area contributed by atoms with Crippen LogP contribution in [0, 0.1) is 6.92 Å². The van der Waals surface area contributed by atoms with E-state index in [0.717, 1.165) is 16.9 Å². The van der Waals surface area contributed by atoms with Crippen LogP contribution < -0.4 is 14.8 Å². The molecule has 0 saturated carbocycles. The van der Waals surface area contributed by atoms with Crippen molar-refractivity contribution >= 4 is 29.1 Å². The van der Waals surface area contributed by atoms with E-state index in [1.165, 1.54) is 7.11 Å². The van der Waals surface area contributed by atoms with Crippen LogP contribution in [0.25, 0.3) is 10.6 Å². The summed E-state index contributed by atoms with van der Waals surface area (Å²) in [6, 6.07) is 13.6. The standard InChI is InChI=1S/C22H20N2O6S/c1-13-19(31-21(23-13)15-9-10-16(28-2)17(11-15)29-3)22(27)30-12-18(25)24-20(26)14-7-5-4-6-8-14/h4-11H,12H2,1-3H3,(H,24,25,26). The maximum Gasteiger partial charge on any atom is 0.350 e. The lowest BCUT2D eigenvalue weighted by molar-refractivity contribution is -0.123. The van der Waals surface area contributed by atoms with Gasteiger partial charge in [0.1, 0.15) is 9.88 Å². The van der Waals surface area contributed by atoms with Crippen molar-refractivity contribution in [2.45, 2.75) is 6.92 Å². The van der Waals surface area contributed by atoms with Crippen LogP contribution in [0.1, 0.15) is 25.7 Å². The van der Waals surface area contributed by atoms with Crippen molar-refractivity contribution in [3.63, 3.8) is 0 Å². The summed E-state index contributed by atoms with van der Waals surface area (Å²) in [6.45, 7) is 1.09. The number of benzene rings is 2. The van der Waals surface area contributed by atoms with Crippen LogP contribution in [0.2, 0.25) is 0 Å². The Bertz CT molecular complexity index is 1110. The molecule has 0 fully saturated rings. The number of aromatic nitrogens is 1. The molecule has 1 aromatic heterocycles. The maximum atomic E-state index is 12.4. The third-order valence-electron chi connectivity index (χ3n) is 4.24. The molecule has 1 N–H and O–H groups in total. The zero-order valence-electron chi connectivity index (χ0n) is 17.1. The second-order valence-electron chi connectivity index (χ2n) is 6.32. The summed E-state index contributed by atoms with van der Waals surface area (Å²) in [6.07, 6.45) is 0. The highest BCUT2D eigenvalue weighted by Gasteiger charge is 2.20. The van der Waals surface area contributed by atoms with Gasteiger partial charge in [-0.2, -0.15) is 0 Å². The number of aryl methyl sites for hydroxylation is 1. The summed E-state index contributed by atoms with van der Waals surface area (Å²) in [5.41, 5.74) is 1.55. The molecule has 0 aliphatic heterocycles. The zero-order chi connectivity index (χ0) is 22.4. The number of ether oxygens (including phenoxy) is 3. The van der Waals surface area contributed by atoms with E-state index in [9.17, 15) is 14.4 Å². The molecule has 0 spiro atoms. The number of imide groups is 1. The minimum Gasteiger partial charge on any atom is -0.493 e. The summed E-state index contributed by atoms with van der Waals surface area (Å²) in [7, 11) is 3.08. The van der Waals surface area contributed by atoms with E-state index in [1.54, 1.807) is 62.6 Å². The van der Waals surface area contributed by atoms with Gasteiger partial charge in [0, 0.05) is 11.1 Å². The molecule has 0 aliphatic carbocycles. The van der Waals surface area contributed by atoms with Crippen LogP contribution in [-0.2, 0) is 9.53 Å². The van der Waals surface area contributed by atoms with E-state index >= 15 is 0 Å². The van der Waals surface area contributed by atoms with Gasteiger partial charge >= 0.3 is 5.97 Å². The number of nitrogens with zero attached hydrogens (tertiary/aromatic N) is 1. The molecule has 0 bridgehead atoms. The topological polar surface area (TPSA) is 104 Å². The molecule has 1 heterocycles.